The Morgan fingerprint density at radius 2 is 1.92 bits per heavy atom. The number of alkyl halides is 3. The Morgan fingerprint density at radius 1 is 1.23 bits per heavy atom. The van der Waals surface area contributed by atoms with E-state index in [1.165, 1.54) is 12.1 Å². The second-order valence-corrected chi connectivity index (χ2v) is 7.27. The minimum absolute atomic E-state index is 0.0628. The minimum atomic E-state index is -4.41. The molecule has 1 aliphatic heterocycles. The number of halogens is 3. The van der Waals surface area contributed by atoms with E-state index in [9.17, 15) is 22.8 Å². The maximum atomic E-state index is 12.6. The van der Waals surface area contributed by atoms with Crippen LogP contribution in [0.5, 0.6) is 0 Å². The second-order valence-electron chi connectivity index (χ2n) is 7.27. The van der Waals surface area contributed by atoms with Crippen molar-refractivity contribution in [2.24, 2.45) is 11.8 Å². The molecule has 2 N–H and O–H groups in total. The number of hydrogen-bond acceptors (Lipinski definition) is 2. The van der Waals surface area contributed by atoms with E-state index in [0.29, 0.717) is 24.7 Å². The van der Waals surface area contributed by atoms with Crippen molar-refractivity contribution in [1.29, 1.82) is 0 Å². The topological polar surface area (TPSA) is 58.2 Å². The summed E-state index contributed by atoms with van der Waals surface area (Å²) in [7, 11) is 0. The van der Waals surface area contributed by atoms with E-state index >= 15 is 0 Å². The van der Waals surface area contributed by atoms with Crippen LogP contribution in [0.15, 0.2) is 24.3 Å². The molecule has 4 unspecified atom stereocenters. The van der Waals surface area contributed by atoms with Crippen LogP contribution in [0, 0.1) is 11.8 Å². The third-order valence-corrected chi connectivity index (χ3v) is 5.64. The average molecular weight is 368 g/mol. The maximum Gasteiger partial charge on any atom is 0.416 e. The van der Waals surface area contributed by atoms with Gasteiger partial charge in [0.2, 0.25) is 5.91 Å². The number of hydrogen-bond donors (Lipinski definition) is 2. The molecule has 2 fully saturated rings. The zero-order valence-corrected chi connectivity index (χ0v) is 14.6. The van der Waals surface area contributed by atoms with Crippen molar-refractivity contribution in [2.45, 2.75) is 57.3 Å². The van der Waals surface area contributed by atoms with Crippen molar-refractivity contribution in [1.82, 2.24) is 10.6 Å². The van der Waals surface area contributed by atoms with Crippen LogP contribution < -0.4 is 10.6 Å². The monoisotopic (exact) mass is 368 g/mol. The molecule has 2 aliphatic rings. The Bertz CT molecular complexity index is 672. The summed E-state index contributed by atoms with van der Waals surface area (Å²) in [6.45, 7) is 2.10. The Morgan fingerprint density at radius 3 is 2.54 bits per heavy atom. The number of amides is 2. The summed E-state index contributed by atoms with van der Waals surface area (Å²) < 4.78 is 37.8. The number of benzene rings is 1. The van der Waals surface area contributed by atoms with Gasteiger partial charge in [-0.25, -0.2) is 0 Å². The molecule has 1 aromatic carbocycles. The SMILES string of the molecule is CCC1CC(=O)NC2CC(NC(=O)c3ccc(C(F)(F)F)cc3)CCC12. The molecule has 0 spiro atoms. The van der Waals surface area contributed by atoms with E-state index in [1.54, 1.807) is 0 Å². The van der Waals surface area contributed by atoms with Gasteiger partial charge in [0.25, 0.3) is 5.91 Å². The maximum absolute atomic E-state index is 12.6. The molecule has 26 heavy (non-hydrogen) atoms. The van der Waals surface area contributed by atoms with E-state index in [0.717, 1.165) is 31.4 Å². The molecule has 2 amide bonds. The van der Waals surface area contributed by atoms with Crippen LogP contribution in [0.25, 0.3) is 0 Å². The summed E-state index contributed by atoms with van der Waals surface area (Å²) in [6, 6.07) is 4.20. The van der Waals surface area contributed by atoms with Gasteiger partial charge in [-0.3, -0.25) is 9.59 Å². The van der Waals surface area contributed by atoms with Gasteiger partial charge < -0.3 is 10.6 Å². The summed E-state index contributed by atoms with van der Waals surface area (Å²) >= 11 is 0. The van der Waals surface area contributed by atoms with Gasteiger partial charge in [-0.05, 0) is 55.4 Å². The number of rotatable bonds is 3. The van der Waals surface area contributed by atoms with E-state index < -0.39 is 11.7 Å². The van der Waals surface area contributed by atoms with Crippen molar-refractivity contribution in [3.05, 3.63) is 35.4 Å². The molecule has 1 aromatic rings. The van der Waals surface area contributed by atoms with Gasteiger partial charge >= 0.3 is 6.18 Å². The van der Waals surface area contributed by atoms with Gasteiger partial charge in [0.15, 0.2) is 0 Å². The molecule has 1 saturated carbocycles. The van der Waals surface area contributed by atoms with Gasteiger partial charge in [0, 0.05) is 24.1 Å². The lowest BCUT2D eigenvalue weighted by Gasteiger charge is -2.44. The lowest BCUT2D eigenvalue weighted by molar-refractivity contribution is -0.137. The van der Waals surface area contributed by atoms with Crippen LogP contribution in [0.1, 0.15) is 54.9 Å². The molecular formula is C19H23F3N2O2. The van der Waals surface area contributed by atoms with E-state index in [1.807, 2.05) is 0 Å². The first-order valence-electron chi connectivity index (χ1n) is 9.05. The van der Waals surface area contributed by atoms with Crippen molar-refractivity contribution in [3.8, 4) is 0 Å². The predicted molar refractivity (Wildman–Crippen MR) is 90.4 cm³/mol. The number of carbonyl (C=O) groups excluding carboxylic acids is 2. The molecule has 0 aromatic heterocycles. The molecule has 7 heteroatoms. The summed E-state index contributed by atoms with van der Waals surface area (Å²) in [6.07, 6.45) is -0.458. The standard InChI is InChI=1S/C19H23F3N2O2/c1-2-11-9-17(25)24-16-10-14(7-8-15(11)16)23-18(26)12-3-5-13(6-4-12)19(20,21)22/h3-6,11,14-16H,2,7-10H2,1H3,(H,23,26)(H,24,25). The Labute approximate surface area is 150 Å². The van der Waals surface area contributed by atoms with Gasteiger partial charge in [-0.1, -0.05) is 13.3 Å². The van der Waals surface area contributed by atoms with Gasteiger partial charge in [-0.2, -0.15) is 13.2 Å². The lowest BCUT2D eigenvalue weighted by atomic mass is 9.70. The highest BCUT2D eigenvalue weighted by Crippen LogP contribution is 2.37. The molecule has 142 valence electrons. The highest BCUT2D eigenvalue weighted by atomic mass is 19.4. The molecule has 4 atom stereocenters. The summed E-state index contributed by atoms with van der Waals surface area (Å²) in [5.74, 6) is 0.515. The fourth-order valence-electron chi connectivity index (χ4n) is 4.24. The molecule has 4 nitrogen and oxygen atoms in total. The second kappa shape index (κ2) is 7.29. The summed E-state index contributed by atoms with van der Waals surface area (Å²) in [5, 5.41) is 5.94. The van der Waals surface area contributed by atoms with Crippen molar-refractivity contribution >= 4 is 11.8 Å². The quantitative estimate of drug-likeness (QED) is 0.858. The molecule has 1 heterocycles. The molecular weight excluding hydrogens is 345 g/mol. The Kier molecular flexibility index (Phi) is 5.25. The summed E-state index contributed by atoms with van der Waals surface area (Å²) in [4.78, 5) is 24.2. The third-order valence-electron chi connectivity index (χ3n) is 5.64. The zero-order chi connectivity index (χ0) is 18.9. The van der Waals surface area contributed by atoms with Gasteiger partial charge in [-0.15, -0.1) is 0 Å². The number of piperidine rings is 1. The minimum Gasteiger partial charge on any atom is -0.353 e. The number of fused-ring (bicyclic) bond motifs is 1. The van der Waals surface area contributed by atoms with E-state index in [2.05, 4.69) is 17.6 Å². The van der Waals surface area contributed by atoms with Crippen molar-refractivity contribution in [2.75, 3.05) is 0 Å². The molecule has 3 rings (SSSR count). The van der Waals surface area contributed by atoms with E-state index in [4.69, 9.17) is 0 Å². The molecule has 1 saturated heterocycles. The van der Waals surface area contributed by atoms with Crippen molar-refractivity contribution in [3.63, 3.8) is 0 Å². The lowest BCUT2D eigenvalue weighted by Crippen LogP contribution is -2.55. The number of carbonyl (C=O) groups is 2. The third kappa shape index (κ3) is 4.02. The normalized spacial score (nSPS) is 28.8. The highest BCUT2D eigenvalue weighted by molar-refractivity contribution is 5.94. The molecule has 1 aliphatic carbocycles. The summed E-state index contributed by atoms with van der Waals surface area (Å²) in [5.41, 5.74) is -0.565. The van der Waals surface area contributed by atoms with E-state index in [-0.39, 0.29) is 29.5 Å². The van der Waals surface area contributed by atoms with Gasteiger partial charge in [0.05, 0.1) is 5.56 Å². The van der Waals surface area contributed by atoms with Gasteiger partial charge in [0.1, 0.15) is 0 Å². The van der Waals surface area contributed by atoms with Crippen LogP contribution in [-0.2, 0) is 11.0 Å². The zero-order valence-electron chi connectivity index (χ0n) is 14.6. The Hall–Kier alpha value is -2.05. The number of nitrogens with one attached hydrogen (secondary N) is 2. The fraction of sp³-hybridized carbons (Fsp3) is 0.579. The predicted octanol–water partition coefficient (Wildman–Crippen LogP) is 3.52. The van der Waals surface area contributed by atoms with Crippen LogP contribution in [0.2, 0.25) is 0 Å². The van der Waals surface area contributed by atoms with Crippen LogP contribution >= 0.6 is 0 Å². The molecule has 0 bridgehead atoms. The largest absolute Gasteiger partial charge is 0.416 e. The first-order chi connectivity index (χ1) is 12.3. The fourth-order valence-corrected chi connectivity index (χ4v) is 4.24. The van der Waals surface area contributed by atoms with Crippen LogP contribution in [-0.4, -0.2) is 23.9 Å². The first kappa shape index (κ1) is 18.7. The first-order valence-corrected chi connectivity index (χ1v) is 9.05. The van der Waals surface area contributed by atoms with Crippen LogP contribution in [0.4, 0.5) is 13.2 Å². The van der Waals surface area contributed by atoms with Crippen LogP contribution in [0.3, 0.4) is 0 Å². The smallest absolute Gasteiger partial charge is 0.353 e. The highest BCUT2D eigenvalue weighted by Gasteiger charge is 2.40. The average Bonchev–Trinajstić information content (AvgIpc) is 2.60. The van der Waals surface area contributed by atoms with Crippen molar-refractivity contribution < 1.29 is 22.8 Å². The Balaban J connectivity index is 1.61. The molecule has 0 radical (unpaired) electrons.